The largest absolute Gasteiger partial charge is 0.494 e. The molecule has 0 saturated carbocycles. The number of aromatic nitrogens is 2. The molecule has 0 spiro atoms. The third-order valence-corrected chi connectivity index (χ3v) is 2.25. The molecule has 86 valence electrons. The SMILES string of the molecule is COc1cccc(C=Cc2ccncn2)c1F. The van der Waals surface area contributed by atoms with E-state index in [1.807, 2.05) is 0 Å². The Bertz CT molecular complexity index is 526. The van der Waals surface area contributed by atoms with Crippen molar-refractivity contribution in [1.82, 2.24) is 9.97 Å². The fraction of sp³-hybridized carbons (Fsp3) is 0.0769. The molecule has 0 saturated heterocycles. The van der Waals surface area contributed by atoms with Crippen molar-refractivity contribution < 1.29 is 9.13 Å². The Balaban J connectivity index is 2.28. The molecule has 0 fully saturated rings. The summed E-state index contributed by atoms with van der Waals surface area (Å²) in [7, 11) is 1.44. The summed E-state index contributed by atoms with van der Waals surface area (Å²) in [5.74, 6) is -0.143. The van der Waals surface area contributed by atoms with Gasteiger partial charge in [0.05, 0.1) is 12.8 Å². The van der Waals surface area contributed by atoms with Gasteiger partial charge in [-0.2, -0.15) is 0 Å². The van der Waals surface area contributed by atoms with Crippen molar-refractivity contribution in [1.29, 1.82) is 0 Å². The zero-order chi connectivity index (χ0) is 12.1. The molecule has 17 heavy (non-hydrogen) atoms. The summed E-state index contributed by atoms with van der Waals surface area (Å²) in [4.78, 5) is 7.82. The second-order valence-corrected chi connectivity index (χ2v) is 3.33. The predicted molar refractivity (Wildman–Crippen MR) is 63.9 cm³/mol. The van der Waals surface area contributed by atoms with Crippen molar-refractivity contribution in [2.24, 2.45) is 0 Å². The van der Waals surface area contributed by atoms with Crippen molar-refractivity contribution in [2.45, 2.75) is 0 Å². The highest BCUT2D eigenvalue weighted by atomic mass is 19.1. The maximum absolute atomic E-state index is 13.8. The minimum atomic E-state index is -0.375. The topological polar surface area (TPSA) is 35.0 Å². The molecular weight excluding hydrogens is 219 g/mol. The van der Waals surface area contributed by atoms with Crippen LogP contribution in [0.3, 0.4) is 0 Å². The van der Waals surface area contributed by atoms with E-state index in [1.165, 1.54) is 13.4 Å². The Morgan fingerprint density at radius 2 is 2.12 bits per heavy atom. The van der Waals surface area contributed by atoms with Crippen LogP contribution in [0.4, 0.5) is 4.39 Å². The van der Waals surface area contributed by atoms with Gasteiger partial charge >= 0.3 is 0 Å². The molecule has 2 aromatic rings. The molecule has 0 aliphatic rings. The second-order valence-electron chi connectivity index (χ2n) is 3.33. The number of halogens is 1. The van der Waals surface area contributed by atoms with Crippen LogP contribution in [0.5, 0.6) is 5.75 Å². The molecule has 4 heteroatoms. The van der Waals surface area contributed by atoms with Gasteiger partial charge in [-0.15, -0.1) is 0 Å². The highest BCUT2D eigenvalue weighted by Gasteiger charge is 2.04. The lowest BCUT2D eigenvalue weighted by atomic mass is 10.1. The zero-order valence-corrected chi connectivity index (χ0v) is 9.30. The van der Waals surface area contributed by atoms with Gasteiger partial charge in [0.15, 0.2) is 11.6 Å². The molecule has 0 bridgehead atoms. The maximum atomic E-state index is 13.8. The summed E-state index contributed by atoms with van der Waals surface area (Å²) in [6, 6.07) is 6.74. The molecule has 2 rings (SSSR count). The summed E-state index contributed by atoms with van der Waals surface area (Å²) in [6.07, 6.45) is 6.45. The molecule has 0 aliphatic carbocycles. The summed E-state index contributed by atoms with van der Waals surface area (Å²) < 4.78 is 18.7. The fourth-order valence-corrected chi connectivity index (χ4v) is 1.39. The number of methoxy groups -OCH3 is 1. The monoisotopic (exact) mass is 230 g/mol. The van der Waals surface area contributed by atoms with Crippen molar-refractivity contribution in [3.8, 4) is 5.75 Å². The van der Waals surface area contributed by atoms with Gasteiger partial charge in [-0.05, 0) is 24.3 Å². The van der Waals surface area contributed by atoms with Crippen molar-refractivity contribution in [2.75, 3.05) is 7.11 Å². The second kappa shape index (κ2) is 5.21. The molecule has 0 radical (unpaired) electrons. The van der Waals surface area contributed by atoms with Crippen LogP contribution in [0.25, 0.3) is 12.2 Å². The zero-order valence-electron chi connectivity index (χ0n) is 9.30. The number of hydrogen-bond donors (Lipinski definition) is 0. The average molecular weight is 230 g/mol. The smallest absolute Gasteiger partial charge is 0.172 e. The summed E-state index contributed by atoms with van der Waals surface area (Å²) in [5.41, 5.74) is 1.19. The first-order chi connectivity index (χ1) is 8.31. The van der Waals surface area contributed by atoms with E-state index in [0.29, 0.717) is 5.56 Å². The van der Waals surface area contributed by atoms with Crippen LogP contribution >= 0.6 is 0 Å². The minimum Gasteiger partial charge on any atom is -0.494 e. The standard InChI is InChI=1S/C13H11FN2O/c1-17-12-4-2-3-10(13(12)14)5-6-11-7-8-15-9-16-11/h2-9H,1H3. The van der Waals surface area contributed by atoms with Crippen LogP contribution in [0.2, 0.25) is 0 Å². The number of ether oxygens (including phenoxy) is 1. The van der Waals surface area contributed by atoms with Crippen molar-refractivity contribution in [3.05, 3.63) is 53.9 Å². The lowest BCUT2D eigenvalue weighted by molar-refractivity contribution is 0.386. The molecule has 1 heterocycles. The van der Waals surface area contributed by atoms with Crippen LogP contribution in [0.1, 0.15) is 11.3 Å². The first-order valence-corrected chi connectivity index (χ1v) is 5.08. The molecule has 1 aromatic carbocycles. The number of hydrogen-bond acceptors (Lipinski definition) is 3. The minimum absolute atomic E-state index is 0.231. The molecule has 3 nitrogen and oxygen atoms in total. The van der Waals surface area contributed by atoms with Crippen LogP contribution in [0.15, 0.2) is 36.8 Å². The fourth-order valence-electron chi connectivity index (χ4n) is 1.39. The molecule has 0 aliphatic heterocycles. The van der Waals surface area contributed by atoms with Gasteiger partial charge in [0.2, 0.25) is 0 Å². The van der Waals surface area contributed by atoms with Gasteiger partial charge in [0, 0.05) is 11.8 Å². The van der Waals surface area contributed by atoms with Gasteiger partial charge in [-0.1, -0.05) is 12.1 Å². The number of benzene rings is 1. The van der Waals surface area contributed by atoms with Crippen LogP contribution < -0.4 is 4.74 Å². The first-order valence-electron chi connectivity index (χ1n) is 5.08. The third kappa shape index (κ3) is 2.66. The van der Waals surface area contributed by atoms with Crippen molar-refractivity contribution >= 4 is 12.2 Å². The molecular formula is C13H11FN2O. The van der Waals surface area contributed by atoms with Gasteiger partial charge in [0.25, 0.3) is 0 Å². The van der Waals surface area contributed by atoms with E-state index >= 15 is 0 Å². The van der Waals surface area contributed by atoms with Crippen molar-refractivity contribution in [3.63, 3.8) is 0 Å². The van der Waals surface area contributed by atoms with Gasteiger partial charge < -0.3 is 4.74 Å². The van der Waals surface area contributed by atoms with E-state index in [9.17, 15) is 4.39 Å². The van der Waals surface area contributed by atoms with Crippen LogP contribution in [-0.2, 0) is 0 Å². The molecule has 0 atom stereocenters. The molecule has 0 unspecified atom stereocenters. The van der Waals surface area contributed by atoms with E-state index in [2.05, 4.69) is 9.97 Å². The van der Waals surface area contributed by atoms with E-state index < -0.39 is 0 Å². The average Bonchev–Trinajstić information content (AvgIpc) is 2.39. The molecule has 1 aromatic heterocycles. The first kappa shape index (κ1) is 11.3. The van der Waals surface area contributed by atoms with E-state index in [-0.39, 0.29) is 11.6 Å². The molecule has 0 N–H and O–H groups in total. The summed E-state index contributed by atoms with van der Waals surface area (Å²) >= 11 is 0. The van der Waals surface area contributed by atoms with E-state index in [0.717, 1.165) is 5.69 Å². The highest BCUT2D eigenvalue weighted by Crippen LogP contribution is 2.21. The Kier molecular flexibility index (Phi) is 3.45. The van der Waals surface area contributed by atoms with Gasteiger partial charge in [-0.25, -0.2) is 14.4 Å². The Morgan fingerprint density at radius 1 is 1.24 bits per heavy atom. The van der Waals surface area contributed by atoms with Gasteiger partial charge in [0.1, 0.15) is 6.33 Å². The Morgan fingerprint density at radius 3 is 2.82 bits per heavy atom. The maximum Gasteiger partial charge on any atom is 0.172 e. The lowest BCUT2D eigenvalue weighted by Crippen LogP contribution is -1.90. The quantitative estimate of drug-likeness (QED) is 0.813. The van der Waals surface area contributed by atoms with E-state index in [4.69, 9.17) is 4.74 Å². The Hall–Kier alpha value is -2.23. The van der Waals surface area contributed by atoms with Crippen LogP contribution in [-0.4, -0.2) is 17.1 Å². The predicted octanol–water partition coefficient (Wildman–Crippen LogP) is 2.79. The normalized spacial score (nSPS) is 10.7. The van der Waals surface area contributed by atoms with Gasteiger partial charge in [-0.3, -0.25) is 0 Å². The number of nitrogens with zero attached hydrogens (tertiary/aromatic N) is 2. The van der Waals surface area contributed by atoms with Crippen LogP contribution in [0, 0.1) is 5.82 Å². The Labute approximate surface area is 98.6 Å². The van der Waals surface area contributed by atoms with E-state index in [1.54, 1.807) is 42.6 Å². The highest BCUT2D eigenvalue weighted by molar-refractivity contribution is 5.68. The third-order valence-electron chi connectivity index (χ3n) is 2.25. The lowest BCUT2D eigenvalue weighted by Gasteiger charge is -2.03. The summed E-state index contributed by atoms with van der Waals surface area (Å²) in [5, 5.41) is 0. The molecule has 0 amide bonds. The summed E-state index contributed by atoms with van der Waals surface area (Å²) in [6.45, 7) is 0. The number of rotatable bonds is 3.